The van der Waals surface area contributed by atoms with Gasteiger partial charge in [-0.3, -0.25) is 4.68 Å². The Morgan fingerprint density at radius 1 is 0.952 bits per heavy atom. The van der Waals surface area contributed by atoms with Crippen molar-refractivity contribution in [3.8, 4) is 28.5 Å². The number of hydrogen-bond acceptors (Lipinski definition) is 2. The lowest BCUT2D eigenvalue weighted by molar-refractivity contribution is 0.771. The molecule has 3 nitrogen and oxygen atoms in total. The highest BCUT2D eigenvalue weighted by Gasteiger charge is 2.15. The summed E-state index contributed by atoms with van der Waals surface area (Å²) in [6.45, 7) is 0. The average Bonchev–Trinajstić information content (AvgIpc) is 2.82. The molecule has 1 aromatic heterocycles. The number of aryl methyl sites for hydroxylation is 1. The molecule has 2 aromatic carbocycles. The van der Waals surface area contributed by atoms with Crippen LogP contribution in [-0.4, -0.2) is 9.78 Å². The van der Waals surface area contributed by atoms with Crippen LogP contribution < -0.4 is 0 Å². The lowest BCUT2D eigenvalue weighted by atomic mass is 10.0. The number of nitrogens with zero attached hydrogens (tertiary/aromatic N) is 3. The van der Waals surface area contributed by atoms with E-state index >= 15 is 0 Å². The highest BCUT2D eigenvalue weighted by atomic mass is 79.9. The highest BCUT2D eigenvalue weighted by Crippen LogP contribution is 2.31. The first-order chi connectivity index (χ1) is 10.2. The third-order valence-electron chi connectivity index (χ3n) is 3.36. The van der Waals surface area contributed by atoms with Crippen molar-refractivity contribution in [1.82, 2.24) is 9.78 Å². The van der Waals surface area contributed by atoms with E-state index in [0.717, 1.165) is 21.3 Å². The molecule has 0 atom stereocenters. The van der Waals surface area contributed by atoms with Gasteiger partial charge in [0.1, 0.15) is 6.07 Å². The topological polar surface area (TPSA) is 41.6 Å². The van der Waals surface area contributed by atoms with Crippen molar-refractivity contribution in [2.24, 2.45) is 7.05 Å². The number of hydrogen-bond donors (Lipinski definition) is 0. The van der Waals surface area contributed by atoms with Crippen LogP contribution in [0.3, 0.4) is 0 Å². The normalized spacial score (nSPS) is 10.3. The van der Waals surface area contributed by atoms with Gasteiger partial charge in [0, 0.05) is 12.6 Å². The molecule has 0 bridgehead atoms. The van der Waals surface area contributed by atoms with Crippen LogP contribution >= 0.6 is 15.9 Å². The van der Waals surface area contributed by atoms with E-state index in [1.807, 2.05) is 37.4 Å². The van der Waals surface area contributed by atoms with Gasteiger partial charge in [0.05, 0.1) is 10.2 Å². The summed E-state index contributed by atoms with van der Waals surface area (Å²) in [7, 11) is 1.84. The number of rotatable bonds is 2. The van der Waals surface area contributed by atoms with Crippen molar-refractivity contribution in [3.63, 3.8) is 0 Å². The van der Waals surface area contributed by atoms with E-state index in [4.69, 9.17) is 5.26 Å². The summed E-state index contributed by atoms with van der Waals surface area (Å²) in [6, 6.07) is 20.6. The first-order valence-corrected chi connectivity index (χ1v) is 7.28. The predicted octanol–water partition coefficient (Wildman–Crippen LogP) is 4.39. The van der Waals surface area contributed by atoms with E-state index in [9.17, 15) is 0 Å². The van der Waals surface area contributed by atoms with Gasteiger partial charge >= 0.3 is 0 Å². The maximum absolute atomic E-state index is 9.04. The van der Waals surface area contributed by atoms with Crippen LogP contribution in [0.15, 0.2) is 59.1 Å². The Balaban J connectivity index is 2.03. The number of benzene rings is 2. The fraction of sp³-hybridized carbons (Fsp3) is 0.0588. The van der Waals surface area contributed by atoms with E-state index < -0.39 is 0 Å². The molecule has 0 saturated carbocycles. The van der Waals surface area contributed by atoms with Crippen LogP contribution in [0.1, 0.15) is 5.69 Å². The zero-order valence-corrected chi connectivity index (χ0v) is 13.0. The molecule has 0 aliphatic rings. The van der Waals surface area contributed by atoms with Crippen LogP contribution in [0.5, 0.6) is 0 Å². The molecule has 0 aliphatic heterocycles. The molecule has 0 unspecified atom stereocenters. The number of aromatic nitrogens is 2. The third kappa shape index (κ3) is 2.48. The van der Waals surface area contributed by atoms with Crippen LogP contribution in [0, 0.1) is 11.3 Å². The highest BCUT2D eigenvalue weighted by molar-refractivity contribution is 9.10. The molecule has 21 heavy (non-hydrogen) atoms. The fourth-order valence-electron chi connectivity index (χ4n) is 2.33. The second-order valence-electron chi connectivity index (χ2n) is 4.69. The minimum atomic E-state index is 0.402. The van der Waals surface area contributed by atoms with Gasteiger partial charge in [0.25, 0.3) is 0 Å². The largest absolute Gasteiger partial charge is 0.265 e. The quantitative estimate of drug-likeness (QED) is 0.695. The van der Waals surface area contributed by atoms with Crippen molar-refractivity contribution < 1.29 is 0 Å². The third-order valence-corrected chi connectivity index (χ3v) is 4.11. The van der Waals surface area contributed by atoms with Gasteiger partial charge in [0.15, 0.2) is 5.69 Å². The molecular weight excluding hydrogens is 326 g/mol. The molecule has 0 saturated heterocycles. The van der Waals surface area contributed by atoms with E-state index in [1.165, 1.54) is 5.56 Å². The summed E-state index contributed by atoms with van der Waals surface area (Å²) in [4.78, 5) is 0. The first-order valence-electron chi connectivity index (χ1n) is 6.49. The van der Waals surface area contributed by atoms with Gasteiger partial charge in [-0.05, 0) is 27.1 Å². The molecule has 0 N–H and O–H groups in total. The summed E-state index contributed by atoms with van der Waals surface area (Å²) < 4.78 is 2.46. The van der Waals surface area contributed by atoms with Crippen LogP contribution in [-0.2, 0) is 7.05 Å². The minimum absolute atomic E-state index is 0.402. The van der Waals surface area contributed by atoms with Crippen molar-refractivity contribution in [2.75, 3.05) is 0 Å². The SMILES string of the molecule is Cn1nc(C#N)c(Br)c1-c1ccc(-c2ccccc2)cc1. The minimum Gasteiger partial charge on any atom is -0.265 e. The van der Waals surface area contributed by atoms with Gasteiger partial charge in [-0.1, -0.05) is 54.6 Å². The summed E-state index contributed by atoms with van der Waals surface area (Å²) in [5, 5.41) is 13.2. The molecule has 102 valence electrons. The van der Waals surface area contributed by atoms with Crippen LogP contribution in [0.2, 0.25) is 0 Å². The summed E-state index contributed by atoms with van der Waals surface area (Å²) in [5.74, 6) is 0. The maximum atomic E-state index is 9.04. The summed E-state index contributed by atoms with van der Waals surface area (Å²) in [6.07, 6.45) is 0. The molecular formula is C17H12BrN3. The smallest absolute Gasteiger partial charge is 0.177 e. The van der Waals surface area contributed by atoms with Crippen molar-refractivity contribution in [3.05, 3.63) is 64.8 Å². The van der Waals surface area contributed by atoms with Gasteiger partial charge in [-0.25, -0.2) is 0 Å². The first kappa shape index (κ1) is 13.6. The predicted molar refractivity (Wildman–Crippen MR) is 86.5 cm³/mol. The Hall–Kier alpha value is -2.38. The average molecular weight is 338 g/mol. The number of halogens is 1. The molecule has 3 aromatic rings. The van der Waals surface area contributed by atoms with Crippen LogP contribution in [0.25, 0.3) is 22.4 Å². The van der Waals surface area contributed by atoms with Gasteiger partial charge in [-0.15, -0.1) is 0 Å². The Kier molecular flexibility index (Phi) is 3.59. The van der Waals surface area contributed by atoms with E-state index in [1.54, 1.807) is 4.68 Å². The van der Waals surface area contributed by atoms with E-state index in [-0.39, 0.29) is 0 Å². The van der Waals surface area contributed by atoms with Crippen molar-refractivity contribution >= 4 is 15.9 Å². The number of nitriles is 1. The summed E-state index contributed by atoms with van der Waals surface area (Å²) >= 11 is 3.46. The van der Waals surface area contributed by atoms with E-state index in [2.05, 4.69) is 51.4 Å². The zero-order chi connectivity index (χ0) is 14.8. The van der Waals surface area contributed by atoms with Crippen LogP contribution in [0.4, 0.5) is 0 Å². The second-order valence-corrected chi connectivity index (χ2v) is 5.48. The second kappa shape index (κ2) is 5.55. The lowest BCUT2D eigenvalue weighted by Crippen LogP contribution is -1.94. The molecule has 4 heteroatoms. The van der Waals surface area contributed by atoms with Gasteiger partial charge in [0.2, 0.25) is 0 Å². The van der Waals surface area contributed by atoms with Gasteiger partial charge in [-0.2, -0.15) is 10.4 Å². The van der Waals surface area contributed by atoms with Crippen molar-refractivity contribution in [1.29, 1.82) is 5.26 Å². The zero-order valence-electron chi connectivity index (χ0n) is 11.4. The molecule has 0 fully saturated rings. The molecule has 3 rings (SSSR count). The molecule has 0 radical (unpaired) electrons. The summed E-state index contributed by atoms with van der Waals surface area (Å²) in [5.41, 5.74) is 4.69. The van der Waals surface area contributed by atoms with E-state index in [0.29, 0.717) is 5.69 Å². The van der Waals surface area contributed by atoms with Crippen molar-refractivity contribution in [2.45, 2.75) is 0 Å². The standard InChI is InChI=1S/C17H12BrN3/c1-21-17(16(18)15(11-19)20-21)14-9-7-13(8-10-14)12-5-3-2-4-6-12/h2-10H,1H3. The van der Waals surface area contributed by atoms with Gasteiger partial charge < -0.3 is 0 Å². The molecule has 0 aliphatic carbocycles. The Labute approximate surface area is 131 Å². The lowest BCUT2D eigenvalue weighted by Gasteiger charge is -2.06. The molecule has 1 heterocycles. The Bertz CT molecular complexity index is 812. The molecule has 0 amide bonds. The Morgan fingerprint density at radius 2 is 1.52 bits per heavy atom. The molecule has 0 spiro atoms. The fourth-order valence-corrected chi connectivity index (χ4v) is 2.99. The monoisotopic (exact) mass is 337 g/mol. The maximum Gasteiger partial charge on any atom is 0.177 e. The Morgan fingerprint density at radius 3 is 2.10 bits per heavy atom.